The van der Waals surface area contributed by atoms with Crippen LogP contribution in [0.4, 0.5) is 0 Å². The summed E-state index contributed by atoms with van der Waals surface area (Å²) in [6.45, 7) is 4.21. The number of aromatic nitrogens is 1. The molecule has 1 saturated heterocycles. The molecule has 5 rings (SSSR count). The maximum absolute atomic E-state index is 12.6. The van der Waals surface area contributed by atoms with Crippen LogP contribution < -0.4 is 10.5 Å². The number of rotatable bonds is 3. The Morgan fingerprint density at radius 3 is 2.41 bits per heavy atom. The van der Waals surface area contributed by atoms with Crippen molar-refractivity contribution in [1.29, 1.82) is 0 Å². The van der Waals surface area contributed by atoms with E-state index in [0.717, 1.165) is 26.2 Å². The molecule has 3 heterocycles. The summed E-state index contributed by atoms with van der Waals surface area (Å²) in [4.78, 5) is 14.2. The van der Waals surface area contributed by atoms with Gasteiger partial charge in [-0.2, -0.15) is 0 Å². The zero-order valence-electron chi connectivity index (χ0n) is 15.5. The SMILES string of the molecule is O=c1ccc(-c2ccccc2)c2n1C[C@H]1C[C@@H]2C[NH+](Cc2ccccc2)C1. The Morgan fingerprint density at radius 2 is 1.63 bits per heavy atom. The smallest absolute Gasteiger partial charge is 0.250 e. The fourth-order valence-corrected chi connectivity index (χ4v) is 5.13. The van der Waals surface area contributed by atoms with Crippen LogP contribution in [0.5, 0.6) is 0 Å². The molecule has 0 radical (unpaired) electrons. The molecular formula is C24H25N2O+. The average molecular weight is 357 g/mol. The topological polar surface area (TPSA) is 26.4 Å². The van der Waals surface area contributed by atoms with Crippen LogP contribution in [0.25, 0.3) is 11.1 Å². The number of hydrogen-bond acceptors (Lipinski definition) is 1. The van der Waals surface area contributed by atoms with Gasteiger partial charge in [-0.25, -0.2) is 0 Å². The van der Waals surface area contributed by atoms with Gasteiger partial charge >= 0.3 is 0 Å². The van der Waals surface area contributed by atoms with Crippen LogP contribution in [0.15, 0.2) is 77.6 Å². The number of fused-ring (bicyclic) bond motifs is 4. The normalized spacial score (nSPS) is 23.6. The first kappa shape index (κ1) is 16.5. The lowest BCUT2D eigenvalue weighted by molar-refractivity contribution is -0.924. The predicted molar refractivity (Wildman–Crippen MR) is 108 cm³/mol. The maximum Gasteiger partial charge on any atom is 0.250 e. The summed E-state index contributed by atoms with van der Waals surface area (Å²) in [5.74, 6) is 1.05. The lowest BCUT2D eigenvalue weighted by Crippen LogP contribution is -3.13. The summed E-state index contributed by atoms with van der Waals surface area (Å²) >= 11 is 0. The number of pyridine rings is 1. The number of quaternary nitrogens is 1. The van der Waals surface area contributed by atoms with Gasteiger partial charge < -0.3 is 9.47 Å². The van der Waals surface area contributed by atoms with Crippen molar-refractivity contribution in [2.45, 2.75) is 25.4 Å². The minimum Gasteiger partial charge on any atom is -0.330 e. The second kappa shape index (κ2) is 6.82. The summed E-state index contributed by atoms with van der Waals surface area (Å²) in [7, 11) is 0. The monoisotopic (exact) mass is 357 g/mol. The molecule has 27 heavy (non-hydrogen) atoms. The maximum atomic E-state index is 12.6. The van der Waals surface area contributed by atoms with Crippen LogP contribution in [-0.2, 0) is 13.1 Å². The van der Waals surface area contributed by atoms with Crippen molar-refractivity contribution in [2.75, 3.05) is 13.1 Å². The zero-order chi connectivity index (χ0) is 18.2. The van der Waals surface area contributed by atoms with Gasteiger partial charge in [-0.1, -0.05) is 60.7 Å². The zero-order valence-corrected chi connectivity index (χ0v) is 15.5. The van der Waals surface area contributed by atoms with Crippen LogP contribution in [-0.4, -0.2) is 17.7 Å². The largest absolute Gasteiger partial charge is 0.330 e. The van der Waals surface area contributed by atoms with Crippen molar-refractivity contribution in [3.8, 4) is 11.1 Å². The van der Waals surface area contributed by atoms with Gasteiger partial charge in [0.1, 0.15) is 6.54 Å². The Morgan fingerprint density at radius 1 is 0.889 bits per heavy atom. The van der Waals surface area contributed by atoms with E-state index in [0.29, 0.717) is 11.8 Å². The van der Waals surface area contributed by atoms with Gasteiger partial charge in [-0.15, -0.1) is 0 Å². The predicted octanol–water partition coefficient (Wildman–Crippen LogP) is 2.72. The Bertz CT molecular complexity index is 994. The quantitative estimate of drug-likeness (QED) is 0.767. The van der Waals surface area contributed by atoms with Gasteiger partial charge in [0, 0.05) is 41.3 Å². The van der Waals surface area contributed by atoms with Crippen molar-refractivity contribution in [2.24, 2.45) is 5.92 Å². The minimum atomic E-state index is 0.158. The summed E-state index contributed by atoms with van der Waals surface area (Å²) in [5, 5.41) is 0. The van der Waals surface area contributed by atoms with E-state index in [1.807, 2.05) is 12.1 Å². The Labute approximate surface area is 159 Å². The number of benzene rings is 2. The highest BCUT2D eigenvalue weighted by Crippen LogP contribution is 2.36. The van der Waals surface area contributed by atoms with E-state index >= 15 is 0 Å². The van der Waals surface area contributed by atoms with E-state index in [1.165, 1.54) is 28.8 Å². The molecule has 1 N–H and O–H groups in total. The molecule has 1 unspecified atom stereocenters. The molecule has 3 aromatic rings. The average Bonchev–Trinajstić information content (AvgIpc) is 2.70. The molecule has 3 heteroatoms. The number of nitrogens with zero attached hydrogens (tertiary/aromatic N) is 1. The molecule has 0 saturated carbocycles. The first-order valence-electron chi connectivity index (χ1n) is 9.94. The number of hydrogen-bond donors (Lipinski definition) is 1. The van der Waals surface area contributed by atoms with E-state index in [2.05, 4.69) is 59.2 Å². The standard InChI is InChI=1S/C24H24N2O/c27-23-12-11-22(20-9-5-2-6-10-20)24-21-13-19(16-26(23)24)15-25(17-21)14-18-7-3-1-4-8-18/h1-12,19,21H,13-17H2/p+1/t19-,21+/m0/s1. The van der Waals surface area contributed by atoms with E-state index < -0.39 is 0 Å². The number of likely N-dealkylation sites (tertiary alicyclic amines) is 1. The second-order valence-corrected chi connectivity index (χ2v) is 8.07. The third kappa shape index (κ3) is 3.13. The Hall–Kier alpha value is -2.65. The molecule has 0 spiro atoms. The molecule has 0 amide bonds. The lowest BCUT2D eigenvalue weighted by atomic mass is 9.80. The van der Waals surface area contributed by atoms with Gasteiger partial charge in [0.2, 0.25) is 0 Å². The highest BCUT2D eigenvalue weighted by atomic mass is 16.1. The second-order valence-electron chi connectivity index (χ2n) is 8.07. The van der Waals surface area contributed by atoms with Gasteiger partial charge in [0.15, 0.2) is 0 Å². The molecule has 0 aliphatic carbocycles. The summed E-state index contributed by atoms with van der Waals surface area (Å²) < 4.78 is 2.07. The molecule has 2 aliphatic heterocycles. The lowest BCUT2D eigenvalue weighted by Gasteiger charge is -2.41. The molecule has 3 atom stereocenters. The number of nitrogens with one attached hydrogen (secondary N) is 1. The number of piperidine rings is 1. The Balaban J connectivity index is 1.52. The van der Waals surface area contributed by atoms with Crippen LogP contribution in [0, 0.1) is 5.92 Å². The van der Waals surface area contributed by atoms with Crippen LogP contribution in [0.3, 0.4) is 0 Å². The highest BCUT2D eigenvalue weighted by Gasteiger charge is 2.38. The van der Waals surface area contributed by atoms with Crippen molar-refractivity contribution in [3.05, 3.63) is 94.4 Å². The van der Waals surface area contributed by atoms with Crippen LogP contribution in [0.1, 0.15) is 23.6 Å². The van der Waals surface area contributed by atoms with E-state index in [1.54, 1.807) is 11.0 Å². The van der Waals surface area contributed by atoms with Crippen molar-refractivity contribution >= 4 is 0 Å². The van der Waals surface area contributed by atoms with E-state index in [9.17, 15) is 4.79 Å². The molecule has 1 fully saturated rings. The summed E-state index contributed by atoms with van der Waals surface area (Å²) in [6, 6.07) is 25.1. The molecule has 136 valence electrons. The summed E-state index contributed by atoms with van der Waals surface area (Å²) in [6.07, 6.45) is 1.21. The van der Waals surface area contributed by atoms with E-state index in [4.69, 9.17) is 0 Å². The fourth-order valence-electron chi connectivity index (χ4n) is 5.13. The molecule has 3 nitrogen and oxygen atoms in total. The van der Waals surface area contributed by atoms with Crippen molar-refractivity contribution in [1.82, 2.24) is 4.57 Å². The minimum absolute atomic E-state index is 0.158. The van der Waals surface area contributed by atoms with Crippen LogP contribution in [0.2, 0.25) is 0 Å². The van der Waals surface area contributed by atoms with E-state index in [-0.39, 0.29) is 5.56 Å². The Kier molecular flexibility index (Phi) is 4.17. The molecule has 2 bridgehead atoms. The molecule has 2 aromatic carbocycles. The third-order valence-electron chi connectivity index (χ3n) is 6.16. The third-order valence-corrected chi connectivity index (χ3v) is 6.16. The van der Waals surface area contributed by atoms with Gasteiger partial charge in [0.25, 0.3) is 5.56 Å². The molecular weight excluding hydrogens is 332 g/mol. The van der Waals surface area contributed by atoms with Gasteiger partial charge in [-0.3, -0.25) is 4.79 Å². The van der Waals surface area contributed by atoms with Gasteiger partial charge in [0.05, 0.1) is 13.1 Å². The first-order valence-corrected chi connectivity index (χ1v) is 9.94. The first-order chi connectivity index (χ1) is 13.3. The molecule has 2 aliphatic rings. The van der Waals surface area contributed by atoms with Crippen molar-refractivity contribution < 1.29 is 4.90 Å². The molecule has 1 aromatic heterocycles. The van der Waals surface area contributed by atoms with Gasteiger partial charge in [-0.05, 0) is 18.1 Å². The fraction of sp³-hybridized carbons (Fsp3) is 0.292. The van der Waals surface area contributed by atoms with Crippen molar-refractivity contribution in [3.63, 3.8) is 0 Å². The highest BCUT2D eigenvalue weighted by molar-refractivity contribution is 5.66. The van der Waals surface area contributed by atoms with Crippen LogP contribution >= 0.6 is 0 Å². The summed E-state index contributed by atoms with van der Waals surface area (Å²) in [5.41, 5.74) is 5.27.